The molecule has 0 spiro atoms. The Labute approximate surface area is 163 Å². The number of hydrogen-bond acceptors (Lipinski definition) is 7. The molecule has 148 valence electrons. The first kappa shape index (κ1) is 19.8. The van der Waals surface area contributed by atoms with Crippen LogP contribution in [0.4, 0.5) is 0 Å². The van der Waals surface area contributed by atoms with Crippen LogP contribution in [0.2, 0.25) is 0 Å². The highest BCUT2D eigenvalue weighted by molar-refractivity contribution is 7.89. The second kappa shape index (κ2) is 8.36. The van der Waals surface area contributed by atoms with E-state index in [1.54, 1.807) is 43.3 Å². The Bertz CT molecular complexity index is 1050. The van der Waals surface area contributed by atoms with E-state index in [2.05, 4.69) is 20.2 Å². The van der Waals surface area contributed by atoms with Gasteiger partial charge in [-0.2, -0.15) is 4.68 Å². The SMILES string of the molecule is CCOc1ccc(-n2nnnc2CNS(=O)(=O)c2ccc(OC)c(C)c2)cc1. The third kappa shape index (κ3) is 4.29. The molecule has 2 aromatic carbocycles. The summed E-state index contributed by atoms with van der Waals surface area (Å²) in [5.74, 6) is 1.72. The van der Waals surface area contributed by atoms with E-state index in [1.807, 2.05) is 6.92 Å². The normalized spacial score (nSPS) is 11.4. The van der Waals surface area contributed by atoms with Crippen molar-refractivity contribution < 1.29 is 17.9 Å². The zero-order chi connectivity index (χ0) is 20.1. The molecule has 10 heteroatoms. The molecule has 0 aliphatic heterocycles. The van der Waals surface area contributed by atoms with E-state index in [9.17, 15) is 8.42 Å². The minimum Gasteiger partial charge on any atom is -0.496 e. The maximum Gasteiger partial charge on any atom is 0.240 e. The largest absolute Gasteiger partial charge is 0.496 e. The van der Waals surface area contributed by atoms with Gasteiger partial charge in [0.2, 0.25) is 10.0 Å². The highest BCUT2D eigenvalue weighted by atomic mass is 32.2. The highest BCUT2D eigenvalue weighted by Crippen LogP contribution is 2.21. The fourth-order valence-corrected chi connectivity index (χ4v) is 3.69. The molecule has 1 heterocycles. The lowest BCUT2D eigenvalue weighted by atomic mass is 10.2. The number of nitrogens with one attached hydrogen (secondary N) is 1. The van der Waals surface area contributed by atoms with E-state index in [1.165, 1.54) is 17.9 Å². The zero-order valence-corrected chi connectivity index (χ0v) is 16.6. The van der Waals surface area contributed by atoms with Crippen LogP contribution in [0.15, 0.2) is 47.4 Å². The van der Waals surface area contributed by atoms with Gasteiger partial charge in [-0.05, 0) is 72.3 Å². The Morgan fingerprint density at radius 1 is 1.14 bits per heavy atom. The first-order chi connectivity index (χ1) is 13.4. The maximum atomic E-state index is 12.6. The molecule has 3 rings (SSSR count). The summed E-state index contributed by atoms with van der Waals surface area (Å²) >= 11 is 0. The Morgan fingerprint density at radius 2 is 1.89 bits per heavy atom. The molecule has 0 aliphatic rings. The minimum absolute atomic E-state index is 0.0619. The number of rotatable bonds is 8. The Morgan fingerprint density at radius 3 is 2.54 bits per heavy atom. The first-order valence-corrected chi connectivity index (χ1v) is 10.1. The van der Waals surface area contributed by atoms with Crippen molar-refractivity contribution in [2.24, 2.45) is 0 Å². The minimum atomic E-state index is -3.73. The summed E-state index contributed by atoms with van der Waals surface area (Å²) in [5, 5.41) is 11.5. The molecule has 3 aromatic rings. The zero-order valence-electron chi connectivity index (χ0n) is 15.8. The van der Waals surface area contributed by atoms with Gasteiger partial charge in [0.1, 0.15) is 11.5 Å². The molecule has 0 amide bonds. The lowest BCUT2D eigenvalue weighted by Crippen LogP contribution is -2.25. The Hall–Kier alpha value is -2.98. The van der Waals surface area contributed by atoms with Gasteiger partial charge in [0.05, 0.1) is 30.8 Å². The third-order valence-electron chi connectivity index (χ3n) is 4.02. The van der Waals surface area contributed by atoms with Crippen LogP contribution in [0.5, 0.6) is 11.5 Å². The number of nitrogens with zero attached hydrogens (tertiary/aromatic N) is 4. The standard InChI is InChI=1S/C18H21N5O4S/c1-4-27-15-7-5-14(6-8-15)23-18(20-21-22-23)12-19-28(24,25)16-9-10-17(26-3)13(2)11-16/h5-11,19H,4,12H2,1-3H3. The van der Waals surface area contributed by atoms with Crippen molar-refractivity contribution in [3.05, 3.63) is 53.9 Å². The molecule has 0 bridgehead atoms. The van der Waals surface area contributed by atoms with E-state index in [4.69, 9.17) is 9.47 Å². The average Bonchev–Trinajstić information content (AvgIpc) is 3.16. The Kier molecular flexibility index (Phi) is 5.90. The fraction of sp³-hybridized carbons (Fsp3) is 0.278. The van der Waals surface area contributed by atoms with Crippen molar-refractivity contribution in [1.29, 1.82) is 0 Å². The van der Waals surface area contributed by atoms with Gasteiger partial charge in [-0.25, -0.2) is 13.1 Å². The van der Waals surface area contributed by atoms with Crippen molar-refractivity contribution in [1.82, 2.24) is 24.9 Å². The van der Waals surface area contributed by atoms with Gasteiger partial charge in [0.15, 0.2) is 5.82 Å². The quantitative estimate of drug-likeness (QED) is 0.611. The maximum absolute atomic E-state index is 12.6. The summed E-state index contributed by atoms with van der Waals surface area (Å²) < 4.78 is 39.8. The average molecular weight is 403 g/mol. The summed E-state index contributed by atoms with van der Waals surface area (Å²) in [7, 11) is -2.19. The van der Waals surface area contributed by atoms with Gasteiger partial charge in [0, 0.05) is 0 Å². The monoisotopic (exact) mass is 403 g/mol. The summed E-state index contributed by atoms with van der Waals surface area (Å²) in [6, 6.07) is 11.9. The molecule has 0 saturated carbocycles. The van der Waals surface area contributed by atoms with Gasteiger partial charge in [-0.3, -0.25) is 0 Å². The van der Waals surface area contributed by atoms with Gasteiger partial charge in [0.25, 0.3) is 0 Å². The summed E-state index contributed by atoms with van der Waals surface area (Å²) in [6.45, 7) is 4.20. The number of ether oxygens (including phenoxy) is 2. The molecular weight excluding hydrogens is 382 g/mol. The lowest BCUT2D eigenvalue weighted by molar-refractivity contribution is 0.340. The van der Waals surface area contributed by atoms with Crippen LogP contribution < -0.4 is 14.2 Å². The van der Waals surface area contributed by atoms with E-state index in [0.29, 0.717) is 23.9 Å². The van der Waals surface area contributed by atoms with E-state index in [0.717, 1.165) is 11.3 Å². The lowest BCUT2D eigenvalue weighted by Gasteiger charge is -2.10. The smallest absolute Gasteiger partial charge is 0.240 e. The molecule has 0 fully saturated rings. The molecule has 9 nitrogen and oxygen atoms in total. The summed E-state index contributed by atoms with van der Waals surface area (Å²) in [6.07, 6.45) is 0. The first-order valence-electron chi connectivity index (χ1n) is 8.59. The number of aromatic nitrogens is 4. The highest BCUT2D eigenvalue weighted by Gasteiger charge is 2.17. The van der Waals surface area contributed by atoms with Crippen molar-refractivity contribution in [3.8, 4) is 17.2 Å². The number of aryl methyl sites for hydroxylation is 1. The van der Waals surface area contributed by atoms with Crippen molar-refractivity contribution in [3.63, 3.8) is 0 Å². The molecule has 0 saturated heterocycles. The molecule has 0 aliphatic carbocycles. The predicted octanol–water partition coefficient (Wildman–Crippen LogP) is 1.86. The number of sulfonamides is 1. The number of benzene rings is 2. The van der Waals surface area contributed by atoms with E-state index >= 15 is 0 Å². The van der Waals surface area contributed by atoms with Crippen LogP contribution in [-0.2, 0) is 16.6 Å². The van der Waals surface area contributed by atoms with E-state index < -0.39 is 10.0 Å². The molecule has 0 atom stereocenters. The summed E-state index contributed by atoms with van der Waals surface area (Å²) in [5.41, 5.74) is 1.42. The van der Waals surface area contributed by atoms with Crippen LogP contribution in [-0.4, -0.2) is 42.3 Å². The van der Waals surface area contributed by atoms with Crippen LogP contribution in [0, 0.1) is 6.92 Å². The second-order valence-corrected chi connectivity index (χ2v) is 7.66. The number of methoxy groups -OCH3 is 1. The molecule has 0 radical (unpaired) electrons. The summed E-state index contributed by atoms with van der Waals surface area (Å²) in [4.78, 5) is 0.144. The predicted molar refractivity (Wildman–Crippen MR) is 102 cm³/mol. The van der Waals surface area contributed by atoms with Crippen LogP contribution >= 0.6 is 0 Å². The number of tetrazole rings is 1. The third-order valence-corrected chi connectivity index (χ3v) is 5.42. The fourth-order valence-electron chi connectivity index (χ4n) is 2.63. The Balaban J connectivity index is 1.76. The van der Waals surface area contributed by atoms with Gasteiger partial charge in [-0.1, -0.05) is 0 Å². The van der Waals surface area contributed by atoms with Crippen LogP contribution in [0.3, 0.4) is 0 Å². The van der Waals surface area contributed by atoms with E-state index in [-0.39, 0.29) is 11.4 Å². The van der Waals surface area contributed by atoms with Gasteiger partial charge < -0.3 is 9.47 Å². The van der Waals surface area contributed by atoms with Gasteiger partial charge in [-0.15, -0.1) is 5.10 Å². The number of hydrogen-bond donors (Lipinski definition) is 1. The molecule has 1 N–H and O–H groups in total. The topological polar surface area (TPSA) is 108 Å². The van der Waals surface area contributed by atoms with Crippen molar-refractivity contribution >= 4 is 10.0 Å². The van der Waals surface area contributed by atoms with Crippen molar-refractivity contribution in [2.75, 3.05) is 13.7 Å². The molecular formula is C18H21N5O4S. The van der Waals surface area contributed by atoms with Crippen LogP contribution in [0.1, 0.15) is 18.3 Å². The molecule has 0 unspecified atom stereocenters. The second-order valence-electron chi connectivity index (χ2n) is 5.89. The van der Waals surface area contributed by atoms with Crippen LogP contribution in [0.25, 0.3) is 5.69 Å². The van der Waals surface area contributed by atoms with Gasteiger partial charge >= 0.3 is 0 Å². The molecule has 28 heavy (non-hydrogen) atoms. The van der Waals surface area contributed by atoms with Crippen molar-refractivity contribution in [2.45, 2.75) is 25.3 Å². The molecule has 1 aromatic heterocycles.